The van der Waals surface area contributed by atoms with Crippen LogP contribution in [0.2, 0.25) is 0 Å². The Morgan fingerprint density at radius 3 is 2.33 bits per heavy atom. The number of anilines is 1. The summed E-state index contributed by atoms with van der Waals surface area (Å²) in [5, 5.41) is 9.94. The van der Waals surface area contributed by atoms with Gasteiger partial charge >= 0.3 is 0 Å². The van der Waals surface area contributed by atoms with Crippen molar-refractivity contribution in [1.29, 1.82) is 5.26 Å². The second-order valence-electron chi connectivity index (χ2n) is 10.1. The van der Waals surface area contributed by atoms with E-state index in [1.165, 1.54) is 17.3 Å². The van der Waals surface area contributed by atoms with Crippen LogP contribution in [0.25, 0.3) is 6.08 Å². The maximum absolute atomic E-state index is 13.6. The van der Waals surface area contributed by atoms with Crippen LogP contribution in [-0.2, 0) is 17.9 Å². The number of amides is 1. The van der Waals surface area contributed by atoms with Gasteiger partial charge in [-0.1, -0.05) is 81.0 Å². The Morgan fingerprint density at radius 2 is 1.69 bits per heavy atom. The number of nitriles is 1. The standard InChI is InChI=1S/C30H37N5O2S2/c1-4-6-13-34-27(33-17-15-32(16-18-33)21-23-11-9-8-10-12-23)24(22(3)25(20-31)28(34)36)19-26-29(37)35(14-7-5-2)30(38)39-26/h8-12,19H,4-7,13-18,21H2,1-3H3/b26-19-. The van der Waals surface area contributed by atoms with E-state index in [9.17, 15) is 14.9 Å². The van der Waals surface area contributed by atoms with E-state index in [0.29, 0.717) is 27.9 Å². The first kappa shape index (κ1) is 29.1. The highest BCUT2D eigenvalue weighted by Gasteiger charge is 2.33. The van der Waals surface area contributed by atoms with E-state index in [1.807, 2.05) is 19.1 Å². The number of pyridine rings is 1. The number of thioether (sulfide) groups is 1. The summed E-state index contributed by atoms with van der Waals surface area (Å²) >= 11 is 6.84. The van der Waals surface area contributed by atoms with Crippen molar-refractivity contribution in [1.82, 2.24) is 14.4 Å². The zero-order valence-corrected chi connectivity index (χ0v) is 24.7. The van der Waals surface area contributed by atoms with Gasteiger partial charge in [-0.3, -0.25) is 24.0 Å². The minimum atomic E-state index is -0.252. The molecule has 2 fully saturated rings. The maximum Gasteiger partial charge on any atom is 0.270 e. The molecule has 1 aromatic carbocycles. The van der Waals surface area contributed by atoms with Gasteiger partial charge in [-0.05, 0) is 37.0 Å². The molecule has 0 spiro atoms. The summed E-state index contributed by atoms with van der Waals surface area (Å²) in [5.74, 6) is 0.712. The number of piperazine rings is 1. The Bertz CT molecular complexity index is 1340. The number of nitrogens with zero attached hydrogens (tertiary/aromatic N) is 5. The third-order valence-corrected chi connectivity index (χ3v) is 8.76. The van der Waals surface area contributed by atoms with Crippen LogP contribution >= 0.6 is 24.0 Å². The van der Waals surface area contributed by atoms with Crippen LogP contribution in [-0.4, -0.2) is 57.3 Å². The van der Waals surface area contributed by atoms with E-state index in [4.69, 9.17) is 12.2 Å². The molecule has 7 nitrogen and oxygen atoms in total. The fraction of sp³-hybridized carbons (Fsp3) is 0.467. The molecule has 0 aliphatic carbocycles. The number of aromatic nitrogens is 1. The first-order valence-electron chi connectivity index (χ1n) is 13.8. The molecular formula is C30H37N5O2S2. The van der Waals surface area contributed by atoms with Gasteiger partial charge in [0.25, 0.3) is 11.5 Å². The van der Waals surface area contributed by atoms with Crippen LogP contribution in [0.4, 0.5) is 5.82 Å². The number of carbonyl (C=O) groups is 1. The Hall–Kier alpha value is -2.93. The fourth-order valence-corrected chi connectivity index (χ4v) is 6.40. The van der Waals surface area contributed by atoms with Crippen LogP contribution in [0.1, 0.15) is 61.8 Å². The first-order valence-corrected chi connectivity index (χ1v) is 15.1. The van der Waals surface area contributed by atoms with E-state index < -0.39 is 0 Å². The lowest BCUT2D eigenvalue weighted by Gasteiger charge is -2.38. The van der Waals surface area contributed by atoms with Gasteiger partial charge in [-0.25, -0.2) is 0 Å². The molecule has 4 rings (SSSR count). The van der Waals surface area contributed by atoms with Crippen molar-refractivity contribution in [3.05, 3.63) is 67.8 Å². The van der Waals surface area contributed by atoms with E-state index in [1.54, 1.807) is 9.47 Å². The van der Waals surface area contributed by atoms with Gasteiger partial charge in [0.1, 0.15) is 21.8 Å². The molecule has 3 heterocycles. The smallest absolute Gasteiger partial charge is 0.270 e. The molecule has 0 N–H and O–H groups in total. The van der Waals surface area contributed by atoms with Crippen LogP contribution in [0.15, 0.2) is 40.0 Å². The van der Waals surface area contributed by atoms with Crippen molar-refractivity contribution < 1.29 is 4.79 Å². The molecule has 2 aromatic rings. The molecule has 0 unspecified atom stereocenters. The van der Waals surface area contributed by atoms with Crippen molar-refractivity contribution in [3.8, 4) is 6.07 Å². The van der Waals surface area contributed by atoms with Gasteiger partial charge in [-0.2, -0.15) is 5.26 Å². The summed E-state index contributed by atoms with van der Waals surface area (Å²) in [7, 11) is 0. The van der Waals surface area contributed by atoms with Crippen LogP contribution in [0.3, 0.4) is 0 Å². The first-order chi connectivity index (χ1) is 18.9. The number of thiocarbonyl (C=S) groups is 1. The minimum Gasteiger partial charge on any atom is -0.355 e. The molecule has 2 saturated heterocycles. The largest absolute Gasteiger partial charge is 0.355 e. The normalized spacial score (nSPS) is 17.3. The van der Waals surface area contributed by atoms with Crippen LogP contribution < -0.4 is 10.5 Å². The number of hydrogen-bond acceptors (Lipinski definition) is 7. The van der Waals surface area contributed by atoms with Crippen molar-refractivity contribution in [2.45, 2.75) is 59.5 Å². The van der Waals surface area contributed by atoms with Gasteiger partial charge < -0.3 is 4.90 Å². The lowest BCUT2D eigenvalue weighted by Crippen LogP contribution is -2.48. The van der Waals surface area contributed by atoms with Crippen molar-refractivity contribution >= 4 is 46.1 Å². The molecule has 206 valence electrons. The van der Waals surface area contributed by atoms with Crippen molar-refractivity contribution in [2.24, 2.45) is 0 Å². The third-order valence-electron chi connectivity index (χ3n) is 7.39. The van der Waals surface area contributed by atoms with Crippen LogP contribution in [0, 0.1) is 18.3 Å². The lowest BCUT2D eigenvalue weighted by atomic mass is 10.0. The average Bonchev–Trinajstić information content (AvgIpc) is 3.21. The average molecular weight is 564 g/mol. The summed E-state index contributed by atoms with van der Waals surface area (Å²) in [5.41, 5.74) is 2.57. The quantitative estimate of drug-likeness (QED) is 0.292. The third kappa shape index (κ3) is 6.46. The highest BCUT2D eigenvalue weighted by atomic mass is 32.2. The molecule has 2 aliphatic heterocycles. The molecule has 0 bridgehead atoms. The Morgan fingerprint density at radius 1 is 1.03 bits per heavy atom. The molecule has 1 amide bonds. The number of unbranched alkanes of at least 4 members (excludes halogenated alkanes) is 2. The number of hydrogen-bond donors (Lipinski definition) is 0. The lowest BCUT2D eigenvalue weighted by molar-refractivity contribution is -0.122. The second-order valence-corrected chi connectivity index (χ2v) is 11.8. The minimum absolute atomic E-state index is 0.0960. The van der Waals surface area contributed by atoms with E-state index in [-0.39, 0.29) is 17.0 Å². The Balaban J connectivity index is 1.73. The number of rotatable bonds is 10. The predicted octanol–water partition coefficient (Wildman–Crippen LogP) is 5.15. The van der Waals surface area contributed by atoms with Crippen molar-refractivity contribution in [2.75, 3.05) is 37.6 Å². The summed E-state index contributed by atoms with van der Waals surface area (Å²) in [6.07, 6.45) is 5.49. The summed E-state index contributed by atoms with van der Waals surface area (Å²) in [6.45, 7) is 11.2. The Labute approximate surface area is 241 Å². The highest BCUT2D eigenvalue weighted by Crippen LogP contribution is 2.36. The number of benzene rings is 1. The zero-order valence-electron chi connectivity index (χ0n) is 23.1. The zero-order chi connectivity index (χ0) is 27.9. The molecule has 0 saturated carbocycles. The van der Waals surface area contributed by atoms with Gasteiger partial charge in [0, 0.05) is 51.4 Å². The molecule has 2 aliphatic rings. The molecular weight excluding hydrogens is 526 g/mol. The highest BCUT2D eigenvalue weighted by molar-refractivity contribution is 8.26. The van der Waals surface area contributed by atoms with Gasteiger partial charge in [0.2, 0.25) is 0 Å². The van der Waals surface area contributed by atoms with Gasteiger partial charge in [0.05, 0.1) is 4.91 Å². The topological polar surface area (TPSA) is 72.6 Å². The second kappa shape index (κ2) is 13.4. The van der Waals surface area contributed by atoms with E-state index >= 15 is 0 Å². The van der Waals surface area contributed by atoms with E-state index in [0.717, 1.165) is 69.8 Å². The monoisotopic (exact) mass is 563 g/mol. The summed E-state index contributed by atoms with van der Waals surface area (Å²) in [4.78, 5) is 33.8. The predicted molar refractivity (Wildman–Crippen MR) is 164 cm³/mol. The maximum atomic E-state index is 13.6. The molecule has 0 atom stereocenters. The summed E-state index contributed by atoms with van der Waals surface area (Å²) < 4.78 is 2.33. The van der Waals surface area contributed by atoms with Crippen LogP contribution in [0.5, 0.6) is 0 Å². The molecule has 39 heavy (non-hydrogen) atoms. The molecule has 1 aromatic heterocycles. The summed E-state index contributed by atoms with van der Waals surface area (Å²) in [6, 6.07) is 12.6. The SMILES string of the molecule is CCCCN1C(=O)/C(=C/c2c(C)c(C#N)c(=O)n(CCCC)c2N2CCN(Cc3ccccc3)CC2)SC1=S. The fourth-order valence-electron chi connectivity index (χ4n) is 5.11. The van der Waals surface area contributed by atoms with Gasteiger partial charge in [0.15, 0.2) is 0 Å². The Kier molecular flexibility index (Phi) is 10.0. The van der Waals surface area contributed by atoms with E-state index in [2.05, 4.69) is 54.0 Å². The molecule has 0 radical (unpaired) electrons. The van der Waals surface area contributed by atoms with Crippen molar-refractivity contribution in [3.63, 3.8) is 0 Å². The number of carbonyl (C=O) groups excluding carboxylic acids is 1. The molecule has 9 heteroatoms. The van der Waals surface area contributed by atoms with Gasteiger partial charge in [-0.15, -0.1) is 0 Å².